The molecule has 65 heavy (non-hydrogen) atoms. The number of hydrazine groups is 1. The van der Waals surface area contributed by atoms with Crippen LogP contribution in [0.2, 0.25) is 0 Å². The molecular formula is C49H65BrClK2N3O9. The summed E-state index contributed by atoms with van der Waals surface area (Å²) in [4.78, 5) is 60.7. The molecule has 0 fully saturated rings. The van der Waals surface area contributed by atoms with Gasteiger partial charge in [-0.25, -0.2) is 5.01 Å². The van der Waals surface area contributed by atoms with Crippen LogP contribution in [0.1, 0.15) is 139 Å². The number of aryl methyl sites for hydroxylation is 3. The van der Waals surface area contributed by atoms with Crippen molar-refractivity contribution in [3.05, 3.63) is 128 Å². The summed E-state index contributed by atoms with van der Waals surface area (Å²) in [6, 6.07) is 22.3. The van der Waals surface area contributed by atoms with Gasteiger partial charge in [0.05, 0.1) is 19.8 Å². The van der Waals surface area contributed by atoms with Crippen LogP contribution in [0, 0.1) is 19.3 Å². The minimum absolute atomic E-state index is 0. The van der Waals surface area contributed by atoms with Crippen LogP contribution in [0.3, 0.4) is 0 Å². The van der Waals surface area contributed by atoms with Crippen LogP contribution in [0.15, 0.2) is 72.8 Å². The van der Waals surface area contributed by atoms with Crippen molar-refractivity contribution in [1.29, 1.82) is 0 Å². The van der Waals surface area contributed by atoms with E-state index >= 15 is 0 Å². The molecule has 4 aromatic carbocycles. The predicted octanol–water partition coefficient (Wildman–Crippen LogP) is 3.57. The van der Waals surface area contributed by atoms with Gasteiger partial charge in [-0.15, -0.1) is 0 Å². The number of nitrogens with zero attached hydrogens (tertiary/aromatic N) is 1. The van der Waals surface area contributed by atoms with Gasteiger partial charge in [0.25, 0.3) is 29.4 Å². The van der Waals surface area contributed by atoms with Gasteiger partial charge < -0.3 is 26.4 Å². The van der Waals surface area contributed by atoms with Crippen LogP contribution >= 0.6 is 27.5 Å². The van der Waals surface area contributed by atoms with Crippen molar-refractivity contribution in [2.75, 3.05) is 20.8 Å². The van der Waals surface area contributed by atoms with Crippen LogP contribution in [0.4, 0.5) is 0 Å². The van der Waals surface area contributed by atoms with Gasteiger partial charge >= 0.3 is 103 Å². The minimum Gasteiger partial charge on any atom is -1.00 e. The number of alkyl halides is 1. The first-order chi connectivity index (χ1) is 29.5. The standard InChI is InChI=1S/C23H29BrN2O3.C15H23NO2.C10H11ClO.CH2O3.2K.H/c1-7-18-19(9-8-10-20(18)29-6)21(27)25-26(23(3,4)5)22(28)17-12-15(2)11-16(13-17)14-24;1-6-11-12(8-7-9-13(11)18-5)14(17)16-10-15(2,3)4;1-3-8-4-7(2)5-9(6-8)10(11)12;2-1-4-3;;;/h8-13H,7,14H2,1-6H3,(H,25,27);7-9H,6,10H2,1-5H3,(H,16,17);4-6H,3H2,1-2H3;1,3H;;;/q;;;;2*+1;-1/p-1. The van der Waals surface area contributed by atoms with Gasteiger partial charge in [0.1, 0.15) is 11.5 Å². The Bertz CT molecular complexity index is 2170. The summed E-state index contributed by atoms with van der Waals surface area (Å²) in [6.45, 7) is 22.4. The smallest absolute Gasteiger partial charge is 1.00 e. The van der Waals surface area contributed by atoms with E-state index in [1.807, 2.05) is 97.0 Å². The van der Waals surface area contributed by atoms with Gasteiger partial charge in [0, 0.05) is 45.3 Å². The van der Waals surface area contributed by atoms with E-state index in [0.717, 1.165) is 52.0 Å². The molecule has 0 aliphatic carbocycles. The van der Waals surface area contributed by atoms with Crippen LogP contribution in [0.25, 0.3) is 0 Å². The fourth-order valence-electron chi connectivity index (χ4n) is 6.17. The Morgan fingerprint density at radius 1 is 0.738 bits per heavy atom. The molecule has 0 spiro atoms. The number of halogens is 2. The molecule has 0 aliphatic rings. The Balaban J connectivity index is -0.000000918. The largest absolute Gasteiger partial charge is 1.00 e. The minimum atomic E-state index is -0.615. The van der Waals surface area contributed by atoms with Crippen LogP contribution < -0.4 is 128 Å². The first-order valence-corrected chi connectivity index (χ1v) is 22.0. The van der Waals surface area contributed by atoms with Gasteiger partial charge in [0.2, 0.25) is 0 Å². The number of methoxy groups -OCH3 is 2. The zero-order chi connectivity index (χ0) is 48.1. The molecule has 0 unspecified atom stereocenters. The molecule has 0 aliphatic heterocycles. The molecule has 12 nitrogen and oxygen atoms in total. The Labute approximate surface area is 486 Å². The molecule has 2 N–H and O–H groups in total. The van der Waals surface area contributed by atoms with E-state index in [1.165, 1.54) is 5.01 Å². The molecule has 4 rings (SSSR count). The fraction of sp³-hybridized carbons (Fsp3) is 0.408. The maximum atomic E-state index is 13.3. The third-order valence-corrected chi connectivity index (χ3v) is 9.98. The number of carbonyl (C=O) groups is 5. The number of hydrogen-bond acceptors (Lipinski definition) is 9. The Hall–Kier alpha value is -1.97. The van der Waals surface area contributed by atoms with E-state index in [4.69, 9.17) is 31.1 Å². The normalized spacial score (nSPS) is 10.2. The number of amides is 3. The molecule has 0 aromatic heterocycles. The molecule has 0 saturated carbocycles. The topological polar surface area (TPSA) is 163 Å². The molecule has 0 saturated heterocycles. The van der Waals surface area contributed by atoms with E-state index in [-0.39, 0.29) is 139 Å². The quantitative estimate of drug-likeness (QED) is 0.0540. The van der Waals surface area contributed by atoms with Gasteiger partial charge in [0.15, 0.2) is 0 Å². The summed E-state index contributed by atoms with van der Waals surface area (Å²) in [5.41, 5.74) is 10.6. The number of ether oxygens (including phenoxy) is 2. The zero-order valence-electron chi connectivity index (χ0n) is 41.9. The third-order valence-electron chi connectivity index (χ3n) is 9.12. The second kappa shape index (κ2) is 32.7. The average molecular weight is 1030 g/mol. The summed E-state index contributed by atoms with van der Waals surface area (Å²) in [7, 11) is 3.21. The SMILES string of the molecule is CCc1c(OC)cccc1C(=O)NCC(C)(C)C.CCc1c(OC)cccc1C(=O)NN(C(=O)c1cc(C)cc(CBr)c1)C(C)(C)C.CCc1cc(C)cc(C(=O)Cl)c1.O=CO[O-].[H-].[K+].[K+]. The summed E-state index contributed by atoms with van der Waals surface area (Å²) >= 11 is 8.81. The molecule has 0 radical (unpaired) electrons. The Morgan fingerprint density at radius 3 is 1.57 bits per heavy atom. The number of hydrogen-bond donors (Lipinski definition) is 2. The van der Waals surface area contributed by atoms with Crippen molar-refractivity contribution in [2.45, 2.75) is 106 Å². The predicted molar refractivity (Wildman–Crippen MR) is 253 cm³/mol. The molecule has 4 aromatic rings. The second-order valence-corrected chi connectivity index (χ2v) is 17.4. The third kappa shape index (κ3) is 22.8. The molecule has 3 amide bonds. The van der Waals surface area contributed by atoms with Gasteiger partial charge in [-0.05, 0) is 131 Å². The number of rotatable bonds is 12. The summed E-state index contributed by atoms with van der Waals surface area (Å²) < 4.78 is 10.7. The van der Waals surface area contributed by atoms with E-state index in [9.17, 15) is 19.2 Å². The van der Waals surface area contributed by atoms with Gasteiger partial charge in [-0.3, -0.25) is 29.4 Å². The van der Waals surface area contributed by atoms with Crippen molar-refractivity contribution in [3.8, 4) is 11.5 Å². The summed E-state index contributed by atoms with van der Waals surface area (Å²) in [6.07, 6.45) is 2.35. The first-order valence-electron chi connectivity index (χ1n) is 20.5. The monoisotopic (exact) mass is 1030 g/mol. The van der Waals surface area contributed by atoms with E-state index in [2.05, 4.69) is 65.3 Å². The molecular weight excluding hydrogens is 968 g/mol. The van der Waals surface area contributed by atoms with Crippen molar-refractivity contribution < 1.29 is 148 Å². The number of nitrogens with one attached hydrogen (secondary N) is 2. The number of carbonyl (C=O) groups excluding carboxylic acids is 5. The van der Waals surface area contributed by atoms with Crippen molar-refractivity contribution >= 4 is 57.0 Å². The Morgan fingerprint density at radius 2 is 1.18 bits per heavy atom. The molecule has 0 heterocycles. The molecule has 0 atom stereocenters. The molecule has 16 heteroatoms. The fourth-order valence-corrected chi connectivity index (χ4v) is 6.60. The maximum absolute atomic E-state index is 13.3. The van der Waals surface area contributed by atoms with Crippen molar-refractivity contribution in [3.63, 3.8) is 0 Å². The average Bonchev–Trinajstić information content (AvgIpc) is 3.25. The summed E-state index contributed by atoms with van der Waals surface area (Å²) in [5.74, 6) is 0.825. The van der Waals surface area contributed by atoms with Gasteiger partial charge in [-0.1, -0.05) is 92.9 Å². The van der Waals surface area contributed by atoms with E-state index in [0.29, 0.717) is 46.3 Å². The summed E-state index contributed by atoms with van der Waals surface area (Å²) in [5, 5.41) is 13.1. The van der Waals surface area contributed by atoms with Crippen LogP contribution in [-0.2, 0) is 34.3 Å². The van der Waals surface area contributed by atoms with Crippen molar-refractivity contribution in [2.24, 2.45) is 5.41 Å². The van der Waals surface area contributed by atoms with Crippen LogP contribution in [0.5, 0.6) is 11.5 Å². The van der Waals surface area contributed by atoms with Crippen LogP contribution in [-0.4, -0.2) is 60.7 Å². The zero-order valence-corrected chi connectivity index (χ0v) is 49.5. The second-order valence-electron chi connectivity index (χ2n) is 16.5. The van der Waals surface area contributed by atoms with Crippen molar-refractivity contribution in [1.82, 2.24) is 15.8 Å². The van der Waals surface area contributed by atoms with Gasteiger partial charge in [-0.2, -0.15) is 0 Å². The molecule has 0 bridgehead atoms. The Kier molecular flexibility index (Phi) is 32.8. The maximum Gasteiger partial charge on any atom is 1.00 e. The first kappa shape index (κ1) is 65.1. The van der Waals surface area contributed by atoms with E-state index in [1.54, 1.807) is 32.4 Å². The molecule has 346 valence electrons. The van der Waals surface area contributed by atoms with E-state index < -0.39 is 5.54 Å². The number of benzene rings is 4.